The van der Waals surface area contributed by atoms with Crippen LogP contribution >= 0.6 is 11.8 Å². The third kappa shape index (κ3) is 14.4. The largest absolute Gasteiger partial charge is 0.162 e. The van der Waals surface area contributed by atoms with Crippen molar-refractivity contribution in [1.82, 2.24) is 0 Å². The summed E-state index contributed by atoms with van der Waals surface area (Å²) in [6.45, 7) is 4.57. The van der Waals surface area contributed by atoms with E-state index < -0.39 is 0 Å². The molecule has 0 aromatic heterocycles. The number of rotatable bonds is 13. The molecule has 0 atom stereocenters. The molecule has 0 nitrogen and oxygen atoms in total. The minimum atomic E-state index is 1.37. The highest BCUT2D eigenvalue weighted by molar-refractivity contribution is 7.99. The van der Waals surface area contributed by atoms with Gasteiger partial charge in [0.1, 0.15) is 0 Å². The number of hydrogen-bond acceptors (Lipinski definition) is 1. The van der Waals surface area contributed by atoms with Crippen LogP contribution in [0, 0.1) is 0 Å². The molecular weight excluding hydrogens is 212 g/mol. The van der Waals surface area contributed by atoms with Gasteiger partial charge in [-0.15, -0.1) is 0 Å². The molecule has 0 spiro atoms. The van der Waals surface area contributed by atoms with Gasteiger partial charge in [-0.3, -0.25) is 0 Å². The van der Waals surface area contributed by atoms with Crippen LogP contribution in [0.3, 0.4) is 0 Å². The van der Waals surface area contributed by atoms with Crippen LogP contribution in [0.2, 0.25) is 0 Å². The average Bonchev–Trinajstić information content (AvgIpc) is 2.31. The van der Waals surface area contributed by atoms with Crippen molar-refractivity contribution in [3.63, 3.8) is 0 Å². The second kappa shape index (κ2) is 15.4. The first-order chi connectivity index (χ1) is 7.91. The van der Waals surface area contributed by atoms with Gasteiger partial charge in [0.2, 0.25) is 0 Å². The Labute approximate surface area is 108 Å². The summed E-state index contributed by atoms with van der Waals surface area (Å²) in [4.78, 5) is 0. The van der Waals surface area contributed by atoms with E-state index in [9.17, 15) is 0 Å². The van der Waals surface area contributed by atoms with Gasteiger partial charge in [0.25, 0.3) is 0 Å². The molecule has 0 saturated carbocycles. The van der Waals surface area contributed by atoms with E-state index in [0.29, 0.717) is 0 Å². The van der Waals surface area contributed by atoms with Gasteiger partial charge in [0, 0.05) is 0 Å². The number of thioether (sulfide) groups is 1. The van der Waals surface area contributed by atoms with Crippen LogP contribution in [0.25, 0.3) is 0 Å². The van der Waals surface area contributed by atoms with Gasteiger partial charge in [-0.2, -0.15) is 11.8 Å². The van der Waals surface area contributed by atoms with Crippen LogP contribution < -0.4 is 0 Å². The minimum Gasteiger partial charge on any atom is -0.162 e. The lowest BCUT2D eigenvalue weighted by Crippen LogP contribution is -1.86. The van der Waals surface area contributed by atoms with E-state index in [-0.39, 0.29) is 0 Å². The summed E-state index contributed by atoms with van der Waals surface area (Å²) in [5.74, 6) is 2.80. The molecule has 0 aliphatic rings. The van der Waals surface area contributed by atoms with Gasteiger partial charge in [0.15, 0.2) is 0 Å². The molecule has 0 aromatic carbocycles. The van der Waals surface area contributed by atoms with Crippen LogP contribution in [0.1, 0.15) is 84.5 Å². The number of hydrogen-bond donors (Lipinski definition) is 0. The lowest BCUT2D eigenvalue weighted by molar-refractivity contribution is 0.626. The second-order valence-electron chi connectivity index (χ2n) is 4.79. The lowest BCUT2D eigenvalue weighted by atomic mass is 10.1. The van der Waals surface area contributed by atoms with Crippen molar-refractivity contribution >= 4 is 11.8 Å². The van der Waals surface area contributed by atoms with Crippen molar-refractivity contribution in [3.8, 4) is 0 Å². The predicted molar refractivity (Wildman–Crippen MR) is 79.5 cm³/mol. The first-order valence-electron chi connectivity index (χ1n) is 7.49. The Morgan fingerprint density at radius 3 is 1.31 bits per heavy atom. The van der Waals surface area contributed by atoms with Crippen molar-refractivity contribution in [3.05, 3.63) is 0 Å². The standard InChI is InChI=1S/C15H32S/c1-3-5-7-9-11-13-15-16-14-12-10-8-6-4-2/h3-15H2,1-2H3. The van der Waals surface area contributed by atoms with E-state index in [2.05, 4.69) is 25.6 Å². The van der Waals surface area contributed by atoms with E-state index in [4.69, 9.17) is 0 Å². The summed E-state index contributed by atoms with van der Waals surface area (Å²) in [5, 5.41) is 0. The van der Waals surface area contributed by atoms with Crippen LogP contribution in [-0.4, -0.2) is 11.5 Å². The van der Waals surface area contributed by atoms with E-state index in [1.54, 1.807) is 0 Å². The van der Waals surface area contributed by atoms with Crippen molar-refractivity contribution in [1.29, 1.82) is 0 Å². The molecule has 0 saturated heterocycles. The Bertz CT molecular complexity index is 98.0. The average molecular weight is 244 g/mol. The molecule has 0 rings (SSSR count). The molecule has 98 valence electrons. The van der Waals surface area contributed by atoms with Crippen molar-refractivity contribution < 1.29 is 0 Å². The zero-order valence-electron chi connectivity index (χ0n) is 11.6. The Morgan fingerprint density at radius 2 is 0.875 bits per heavy atom. The Balaban J connectivity index is 2.83. The molecule has 1 heteroatoms. The van der Waals surface area contributed by atoms with Gasteiger partial charge in [0.05, 0.1) is 0 Å². The fourth-order valence-corrected chi connectivity index (χ4v) is 2.91. The van der Waals surface area contributed by atoms with Crippen LogP contribution in [-0.2, 0) is 0 Å². The summed E-state index contributed by atoms with van der Waals surface area (Å²) >= 11 is 2.18. The molecule has 0 aromatic rings. The molecule has 0 aliphatic heterocycles. The maximum absolute atomic E-state index is 2.29. The van der Waals surface area contributed by atoms with E-state index in [1.165, 1.54) is 82.1 Å². The highest BCUT2D eigenvalue weighted by Gasteiger charge is 1.92. The Morgan fingerprint density at radius 1 is 0.500 bits per heavy atom. The number of unbranched alkanes of at least 4 members (excludes halogenated alkanes) is 9. The van der Waals surface area contributed by atoms with Gasteiger partial charge in [-0.05, 0) is 24.3 Å². The summed E-state index contributed by atoms with van der Waals surface area (Å²) < 4.78 is 0. The SMILES string of the molecule is CCCCCCCCSCCCCCCC. The fourth-order valence-electron chi connectivity index (χ4n) is 1.89. The second-order valence-corrected chi connectivity index (χ2v) is 6.02. The lowest BCUT2D eigenvalue weighted by Gasteiger charge is -2.02. The maximum Gasteiger partial charge on any atom is -0.00675 e. The Hall–Kier alpha value is 0.350. The molecule has 0 bridgehead atoms. The quantitative estimate of drug-likeness (QED) is 0.355. The molecule has 16 heavy (non-hydrogen) atoms. The third-order valence-corrected chi connectivity index (χ3v) is 4.19. The molecule has 0 heterocycles. The molecule has 0 N–H and O–H groups in total. The first kappa shape index (κ1) is 16.4. The Kier molecular flexibility index (Phi) is 15.7. The fraction of sp³-hybridized carbons (Fsp3) is 1.00. The van der Waals surface area contributed by atoms with Crippen LogP contribution in [0.4, 0.5) is 0 Å². The van der Waals surface area contributed by atoms with Crippen LogP contribution in [0.5, 0.6) is 0 Å². The molecule has 0 aliphatic carbocycles. The molecule has 0 radical (unpaired) electrons. The van der Waals surface area contributed by atoms with Crippen molar-refractivity contribution in [2.75, 3.05) is 11.5 Å². The first-order valence-corrected chi connectivity index (χ1v) is 8.65. The minimum absolute atomic E-state index is 1.37. The topological polar surface area (TPSA) is 0 Å². The van der Waals surface area contributed by atoms with Gasteiger partial charge >= 0.3 is 0 Å². The zero-order chi connectivity index (χ0) is 11.9. The normalized spacial score (nSPS) is 10.9. The summed E-state index contributed by atoms with van der Waals surface area (Å²) in [6, 6.07) is 0. The summed E-state index contributed by atoms with van der Waals surface area (Å²) in [5.41, 5.74) is 0. The monoisotopic (exact) mass is 244 g/mol. The molecule has 0 amide bonds. The van der Waals surface area contributed by atoms with Gasteiger partial charge in [-0.1, -0.05) is 71.6 Å². The van der Waals surface area contributed by atoms with E-state index in [0.717, 1.165) is 0 Å². The smallest absolute Gasteiger partial charge is 0.00675 e. The summed E-state index contributed by atoms with van der Waals surface area (Å²) in [6.07, 6.45) is 15.8. The molecule has 0 fully saturated rings. The molecule has 0 unspecified atom stereocenters. The third-order valence-electron chi connectivity index (χ3n) is 3.03. The molecular formula is C15H32S. The van der Waals surface area contributed by atoms with E-state index >= 15 is 0 Å². The summed E-state index contributed by atoms with van der Waals surface area (Å²) in [7, 11) is 0. The highest BCUT2D eigenvalue weighted by atomic mass is 32.2. The van der Waals surface area contributed by atoms with Crippen molar-refractivity contribution in [2.45, 2.75) is 84.5 Å². The zero-order valence-corrected chi connectivity index (χ0v) is 12.4. The van der Waals surface area contributed by atoms with Crippen LogP contribution in [0.15, 0.2) is 0 Å². The van der Waals surface area contributed by atoms with Gasteiger partial charge in [-0.25, -0.2) is 0 Å². The maximum atomic E-state index is 2.29. The highest BCUT2D eigenvalue weighted by Crippen LogP contribution is 2.12. The predicted octanol–water partition coefficient (Wildman–Crippen LogP) is 6.05. The van der Waals surface area contributed by atoms with E-state index in [1.807, 2.05) is 0 Å². The van der Waals surface area contributed by atoms with Gasteiger partial charge < -0.3 is 0 Å². The van der Waals surface area contributed by atoms with Crippen molar-refractivity contribution in [2.24, 2.45) is 0 Å².